The first-order chi connectivity index (χ1) is 16.7. The van der Waals surface area contributed by atoms with E-state index < -0.39 is 0 Å². The SMILES string of the molecule is COc1ccc2nc(-c3ccc(-c4ccccc4)cc3)n(CC3CCCC(CN)C3)c(=O)c2c1. The highest BCUT2D eigenvalue weighted by Crippen LogP contribution is 2.31. The largest absolute Gasteiger partial charge is 0.497 e. The van der Waals surface area contributed by atoms with Crippen LogP contribution >= 0.6 is 0 Å². The standard InChI is InChI=1S/C29H31N3O2/c1-34-25-14-15-27-26(17-25)29(33)32(19-21-7-5-6-20(16-21)18-30)28(31-27)24-12-10-23(11-13-24)22-8-3-2-4-9-22/h2-4,8-15,17,20-21H,5-7,16,18-19,30H2,1H3. The molecule has 5 nitrogen and oxygen atoms in total. The highest BCUT2D eigenvalue weighted by Gasteiger charge is 2.24. The Morgan fingerprint density at radius 1 is 0.941 bits per heavy atom. The van der Waals surface area contributed by atoms with E-state index in [1.165, 1.54) is 12.0 Å². The molecule has 0 aliphatic heterocycles. The van der Waals surface area contributed by atoms with E-state index in [0.29, 0.717) is 41.6 Å². The summed E-state index contributed by atoms with van der Waals surface area (Å²) in [4.78, 5) is 18.7. The Kier molecular flexibility index (Phi) is 6.45. The molecule has 3 aromatic carbocycles. The summed E-state index contributed by atoms with van der Waals surface area (Å²) >= 11 is 0. The number of hydrogen-bond donors (Lipinski definition) is 1. The third kappa shape index (κ3) is 4.48. The Bertz CT molecular complexity index is 1330. The van der Waals surface area contributed by atoms with Gasteiger partial charge in [0.25, 0.3) is 5.56 Å². The van der Waals surface area contributed by atoms with Crippen LogP contribution in [0.5, 0.6) is 5.75 Å². The molecule has 1 aliphatic carbocycles. The van der Waals surface area contributed by atoms with Crippen LogP contribution in [0, 0.1) is 11.8 Å². The number of fused-ring (bicyclic) bond motifs is 1. The fourth-order valence-electron chi connectivity index (χ4n) is 5.20. The number of rotatable bonds is 6. The first-order valence-corrected chi connectivity index (χ1v) is 12.1. The summed E-state index contributed by atoms with van der Waals surface area (Å²) in [5.41, 5.74) is 9.91. The molecule has 1 aromatic heterocycles. The molecule has 1 aliphatic rings. The zero-order valence-corrected chi connectivity index (χ0v) is 19.6. The van der Waals surface area contributed by atoms with Gasteiger partial charge in [-0.2, -0.15) is 0 Å². The van der Waals surface area contributed by atoms with Crippen molar-refractivity contribution in [1.29, 1.82) is 0 Å². The molecule has 0 spiro atoms. The van der Waals surface area contributed by atoms with Crippen LogP contribution in [0.2, 0.25) is 0 Å². The Labute approximate surface area is 200 Å². The molecule has 0 amide bonds. The van der Waals surface area contributed by atoms with E-state index in [4.69, 9.17) is 15.5 Å². The first kappa shape index (κ1) is 22.4. The number of aromatic nitrogens is 2. The van der Waals surface area contributed by atoms with Crippen molar-refractivity contribution in [3.63, 3.8) is 0 Å². The maximum absolute atomic E-state index is 13.7. The number of nitrogens with two attached hydrogens (primary N) is 1. The van der Waals surface area contributed by atoms with Crippen LogP contribution in [-0.4, -0.2) is 23.2 Å². The lowest BCUT2D eigenvalue weighted by Gasteiger charge is -2.29. The third-order valence-electron chi connectivity index (χ3n) is 7.08. The maximum Gasteiger partial charge on any atom is 0.261 e. The minimum Gasteiger partial charge on any atom is -0.497 e. The van der Waals surface area contributed by atoms with Crippen LogP contribution in [0.25, 0.3) is 33.4 Å². The summed E-state index contributed by atoms with van der Waals surface area (Å²) in [5.74, 6) is 2.35. The van der Waals surface area contributed by atoms with Gasteiger partial charge >= 0.3 is 0 Å². The molecule has 174 valence electrons. The summed E-state index contributed by atoms with van der Waals surface area (Å²) in [5, 5.41) is 0.593. The van der Waals surface area contributed by atoms with Crippen molar-refractivity contribution in [2.24, 2.45) is 17.6 Å². The highest BCUT2D eigenvalue weighted by atomic mass is 16.5. The highest BCUT2D eigenvalue weighted by molar-refractivity contribution is 5.81. The molecule has 1 saturated carbocycles. The summed E-state index contributed by atoms with van der Waals surface area (Å²) < 4.78 is 7.25. The second kappa shape index (κ2) is 9.82. The van der Waals surface area contributed by atoms with E-state index in [1.54, 1.807) is 13.2 Å². The third-order valence-corrected chi connectivity index (χ3v) is 7.08. The molecular formula is C29H31N3O2. The van der Waals surface area contributed by atoms with Gasteiger partial charge in [-0.05, 0) is 67.0 Å². The van der Waals surface area contributed by atoms with Crippen LogP contribution in [0.3, 0.4) is 0 Å². The van der Waals surface area contributed by atoms with Crippen molar-refractivity contribution in [2.75, 3.05) is 13.7 Å². The molecule has 2 unspecified atom stereocenters. The van der Waals surface area contributed by atoms with Gasteiger partial charge in [0.15, 0.2) is 0 Å². The van der Waals surface area contributed by atoms with E-state index in [1.807, 2.05) is 34.9 Å². The molecule has 1 heterocycles. The van der Waals surface area contributed by atoms with Crippen molar-refractivity contribution in [3.05, 3.63) is 83.2 Å². The molecular weight excluding hydrogens is 422 g/mol. The average Bonchev–Trinajstić information content (AvgIpc) is 2.90. The Hall–Kier alpha value is -3.44. The van der Waals surface area contributed by atoms with Gasteiger partial charge in [-0.1, -0.05) is 61.0 Å². The van der Waals surface area contributed by atoms with Crippen molar-refractivity contribution in [3.8, 4) is 28.3 Å². The predicted octanol–water partition coefficient (Wildman–Crippen LogP) is 5.50. The van der Waals surface area contributed by atoms with Gasteiger partial charge in [0.1, 0.15) is 11.6 Å². The van der Waals surface area contributed by atoms with E-state index in [-0.39, 0.29) is 5.56 Å². The van der Waals surface area contributed by atoms with Crippen LogP contribution in [-0.2, 0) is 6.54 Å². The minimum absolute atomic E-state index is 0.0130. The number of nitrogens with zero attached hydrogens (tertiary/aromatic N) is 2. The molecule has 0 radical (unpaired) electrons. The summed E-state index contributed by atoms with van der Waals surface area (Å²) in [6, 6.07) is 24.2. The lowest BCUT2D eigenvalue weighted by atomic mass is 9.81. The molecule has 34 heavy (non-hydrogen) atoms. The molecule has 0 saturated heterocycles. The zero-order valence-electron chi connectivity index (χ0n) is 19.6. The first-order valence-electron chi connectivity index (χ1n) is 12.1. The monoisotopic (exact) mass is 453 g/mol. The normalized spacial score (nSPS) is 18.2. The van der Waals surface area contributed by atoms with Crippen molar-refractivity contribution in [1.82, 2.24) is 9.55 Å². The lowest BCUT2D eigenvalue weighted by molar-refractivity contribution is 0.246. The van der Waals surface area contributed by atoms with Gasteiger partial charge in [0, 0.05) is 12.1 Å². The predicted molar refractivity (Wildman–Crippen MR) is 138 cm³/mol. The zero-order chi connectivity index (χ0) is 23.5. The molecule has 1 fully saturated rings. The summed E-state index contributed by atoms with van der Waals surface area (Å²) in [7, 11) is 1.62. The molecule has 5 rings (SSSR count). The molecule has 2 N–H and O–H groups in total. The van der Waals surface area contributed by atoms with Gasteiger partial charge < -0.3 is 10.5 Å². The van der Waals surface area contributed by atoms with Crippen molar-refractivity contribution < 1.29 is 4.74 Å². The van der Waals surface area contributed by atoms with Gasteiger partial charge in [0.2, 0.25) is 0 Å². The minimum atomic E-state index is -0.0130. The molecule has 2 atom stereocenters. The number of benzene rings is 3. The Balaban J connectivity index is 1.59. The Morgan fingerprint density at radius 3 is 2.38 bits per heavy atom. The van der Waals surface area contributed by atoms with E-state index in [0.717, 1.165) is 36.2 Å². The van der Waals surface area contributed by atoms with E-state index >= 15 is 0 Å². The van der Waals surface area contributed by atoms with Gasteiger partial charge in [-0.3, -0.25) is 9.36 Å². The van der Waals surface area contributed by atoms with E-state index in [2.05, 4.69) is 36.4 Å². The van der Waals surface area contributed by atoms with Crippen LogP contribution < -0.4 is 16.0 Å². The molecule has 5 heteroatoms. The van der Waals surface area contributed by atoms with Crippen LogP contribution in [0.15, 0.2) is 77.6 Å². The van der Waals surface area contributed by atoms with Gasteiger partial charge in [0.05, 0.1) is 18.0 Å². The van der Waals surface area contributed by atoms with Crippen molar-refractivity contribution >= 4 is 10.9 Å². The smallest absolute Gasteiger partial charge is 0.261 e. The van der Waals surface area contributed by atoms with Gasteiger partial charge in [-0.15, -0.1) is 0 Å². The van der Waals surface area contributed by atoms with Crippen LogP contribution in [0.4, 0.5) is 0 Å². The fraction of sp³-hybridized carbons (Fsp3) is 0.310. The topological polar surface area (TPSA) is 70.1 Å². The summed E-state index contributed by atoms with van der Waals surface area (Å²) in [6.07, 6.45) is 4.52. The molecule has 0 bridgehead atoms. The molecule has 4 aromatic rings. The second-order valence-corrected chi connectivity index (χ2v) is 9.31. The fourth-order valence-corrected chi connectivity index (χ4v) is 5.20. The lowest BCUT2D eigenvalue weighted by Crippen LogP contribution is -2.30. The average molecular weight is 454 g/mol. The quantitative estimate of drug-likeness (QED) is 0.418. The van der Waals surface area contributed by atoms with Crippen LogP contribution in [0.1, 0.15) is 25.7 Å². The number of ether oxygens (including phenoxy) is 1. The number of hydrogen-bond acceptors (Lipinski definition) is 4. The Morgan fingerprint density at radius 2 is 1.65 bits per heavy atom. The van der Waals surface area contributed by atoms with Gasteiger partial charge in [-0.25, -0.2) is 4.98 Å². The maximum atomic E-state index is 13.7. The summed E-state index contributed by atoms with van der Waals surface area (Å²) in [6.45, 7) is 1.37. The number of methoxy groups -OCH3 is 1. The van der Waals surface area contributed by atoms with E-state index in [9.17, 15) is 4.79 Å². The van der Waals surface area contributed by atoms with Crippen molar-refractivity contribution in [2.45, 2.75) is 32.2 Å². The second-order valence-electron chi connectivity index (χ2n) is 9.31.